The van der Waals surface area contributed by atoms with Crippen LogP contribution in [0.4, 0.5) is 10.1 Å². The van der Waals surface area contributed by atoms with E-state index >= 15 is 0 Å². The lowest BCUT2D eigenvalue weighted by atomic mass is 9.85. The highest BCUT2D eigenvalue weighted by atomic mass is 35.5. The average molecular weight is 387 g/mol. The SMILES string of the molecule is C=C(Nc1ccc(Cl)c(C)c1)[C@H](c1ccc(F)c(Cl)c1)C(C)(C)Cl. The summed E-state index contributed by atoms with van der Waals surface area (Å²) in [5.41, 5.74) is 3.31. The molecule has 0 heterocycles. The van der Waals surface area contributed by atoms with Gasteiger partial charge >= 0.3 is 0 Å². The van der Waals surface area contributed by atoms with Gasteiger partial charge in [0.2, 0.25) is 0 Å². The van der Waals surface area contributed by atoms with E-state index in [4.69, 9.17) is 34.8 Å². The third-order valence-corrected chi connectivity index (χ3v) is 4.71. The Morgan fingerprint density at radius 1 is 1.12 bits per heavy atom. The minimum absolute atomic E-state index is 0.0635. The minimum atomic E-state index is -0.646. The predicted octanol–water partition coefficient (Wildman–Crippen LogP) is 7.17. The molecule has 0 unspecified atom stereocenters. The van der Waals surface area contributed by atoms with Crippen molar-refractivity contribution >= 4 is 40.5 Å². The average Bonchev–Trinajstić information content (AvgIpc) is 2.45. The molecule has 0 aliphatic rings. The highest BCUT2D eigenvalue weighted by Gasteiger charge is 2.31. The van der Waals surface area contributed by atoms with Crippen molar-refractivity contribution in [3.05, 3.63) is 75.7 Å². The number of halogens is 4. The summed E-state index contributed by atoms with van der Waals surface area (Å²) in [6.07, 6.45) is 0. The van der Waals surface area contributed by atoms with Crippen molar-refractivity contribution in [2.24, 2.45) is 0 Å². The largest absolute Gasteiger partial charge is 0.359 e. The Morgan fingerprint density at radius 3 is 2.33 bits per heavy atom. The van der Waals surface area contributed by atoms with Crippen molar-refractivity contribution in [1.29, 1.82) is 0 Å². The van der Waals surface area contributed by atoms with Gasteiger partial charge in [0.25, 0.3) is 0 Å². The number of anilines is 1. The van der Waals surface area contributed by atoms with Crippen LogP contribution in [0.5, 0.6) is 0 Å². The van der Waals surface area contributed by atoms with Gasteiger partial charge in [-0.05, 0) is 62.2 Å². The molecule has 0 aliphatic carbocycles. The molecule has 0 bridgehead atoms. The first-order valence-corrected chi connectivity index (χ1v) is 8.59. The Labute approximate surface area is 157 Å². The molecule has 1 N–H and O–H groups in total. The number of alkyl halides is 1. The van der Waals surface area contributed by atoms with Crippen molar-refractivity contribution in [2.45, 2.75) is 31.6 Å². The topological polar surface area (TPSA) is 12.0 Å². The second-order valence-electron chi connectivity index (χ2n) is 6.29. The molecule has 128 valence electrons. The predicted molar refractivity (Wildman–Crippen MR) is 103 cm³/mol. The Kier molecular flexibility index (Phi) is 5.85. The van der Waals surface area contributed by atoms with E-state index in [0.29, 0.717) is 10.7 Å². The van der Waals surface area contributed by atoms with E-state index in [-0.39, 0.29) is 10.9 Å². The van der Waals surface area contributed by atoms with Crippen LogP contribution < -0.4 is 5.32 Å². The Bertz CT molecular complexity index is 766. The Hall–Kier alpha value is -1.22. The van der Waals surface area contributed by atoms with Gasteiger partial charge in [-0.3, -0.25) is 0 Å². The van der Waals surface area contributed by atoms with E-state index in [1.54, 1.807) is 12.1 Å². The zero-order valence-electron chi connectivity index (χ0n) is 13.8. The lowest BCUT2D eigenvalue weighted by molar-refractivity contribution is 0.593. The zero-order chi connectivity index (χ0) is 18.1. The van der Waals surface area contributed by atoms with Crippen molar-refractivity contribution in [2.75, 3.05) is 5.32 Å². The summed E-state index contributed by atoms with van der Waals surface area (Å²) in [4.78, 5) is -0.646. The monoisotopic (exact) mass is 385 g/mol. The number of hydrogen-bond acceptors (Lipinski definition) is 1. The third kappa shape index (κ3) is 4.44. The van der Waals surface area contributed by atoms with Gasteiger partial charge in [0.1, 0.15) is 5.82 Å². The van der Waals surface area contributed by atoms with Gasteiger partial charge < -0.3 is 5.32 Å². The van der Waals surface area contributed by atoms with Crippen LogP contribution in [0.15, 0.2) is 48.7 Å². The molecule has 2 aromatic carbocycles. The fraction of sp³-hybridized carbons (Fsp3) is 0.263. The summed E-state index contributed by atoms with van der Waals surface area (Å²) < 4.78 is 13.5. The number of aryl methyl sites for hydroxylation is 1. The molecule has 0 saturated heterocycles. The van der Waals surface area contributed by atoms with Gasteiger partial charge in [0.15, 0.2) is 0 Å². The second-order valence-corrected chi connectivity index (χ2v) is 8.07. The number of hydrogen-bond donors (Lipinski definition) is 1. The lowest BCUT2D eigenvalue weighted by Crippen LogP contribution is -2.27. The number of allylic oxidation sites excluding steroid dienone is 1. The van der Waals surface area contributed by atoms with Gasteiger partial charge in [0.05, 0.1) is 9.90 Å². The molecule has 24 heavy (non-hydrogen) atoms. The van der Waals surface area contributed by atoms with E-state index in [1.165, 1.54) is 6.07 Å². The molecule has 1 atom stereocenters. The van der Waals surface area contributed by atoms with Crippen LogP contribution >= 0.6 is 34.8 Å². The molecule has 0 saturated carbocycles. The maximum atomic E-state index is 13.5. The van der Waals surface area contributed by atoms with Crippen LogP contribution in [-0.4, -0.2) is 4.87 Å². The first-order valence-electron chi connectivity index (χ1n) is 7.45. The molecule has 0 fully saturated rings. The van der Waals surface area contributed by atoms with Gasteiger partial charge in [0, 0.05) is 22.3 Å². The molecule has 5 heteroatoms. The van der Waals surface area contributed by atoms with Gasteiger partial charge in [-0.25, -0.2) is 4.39 Å². The van der Waals surface area contributed by atoms with E-state index in [0.717, 1.165) is 16.8 Å². The number of nitrogens with one attached hydrogen (secondary N) is 1. The summed E-state index contributed by atoms with van der Waals surface area (Å²) in [6.45, 7) is 9.83. The first-order chi connectivity index (χ1) is 11.1. The molecule has 1 nitrogen and oxygen atoms in total. The molecule has 0 spiro atoms. The molecular weight excluding hydrogens is 368 g/mol. The first kappa shape index (κ1) is 19.1. The van der Waals surface area contributed by atoms with Crippen LogP contribution in [0.1, 0.15) is 30.9 Å². The summed E-state index contributed by atoms with van der Waals surface area (Å²) in [6, 6.07) is 10.2. The Morgan fingerprint density at radius 2 is 1.79 bits per heavy atom. The van der Waals surface area contributed by atoms with Crippen LogP contribution in [0.3, 0.4) is 0 Å². The smallest absolute Gasteiger partial charge is 0.141 e. The minimum Gasteiger partial charge on any atom is -0.359 e. The normalized spacial score (nSPS) is 12.8. The van der Waals surface area contributed by atoms with Gasteiger partial charge in [-0.1, -0.05) is 35.8 Å². The van der Waals surface area contributed by atoms with E-state index in [1.807, 2.05) is 39.0 Å². The second kappa shape index (κ2) is 7.35. The summed E-state index contributed by atoms with van der Waals surface area (Å²) in [7, 11) is 0. The van der Waals surface area contributed by atoms with Crippen LogP contribution in [0.2, 0.25) is 10.0 Å². The standard InChI is InChI=1S/C19H19Cl3FN/c1-11-9-14(6-7-15(11)20)24-12(2)18(19(3,4)22)13-5-8-17(23)16(21)10-13/h5-10,18,24H,2H2,1,3-4H3/t18-/m1/s1. The molecule has 0 amide bonds. The Balaban J connectivity index is 2.35. The van der Waals surface area contributed by atoms with Crippen LogP contribution in [0, 0.1) is 12.7 Å². The zero-order valence-corrected chi connectivity index (χ0v) is 16.0. The number of rotatable bonds is 5. The highest BCUT2D eigenvalue weighted by Crippen LogP contribution is 2.40. The maximum absolute atomic E-state index is 13.5. The summed E-state index contributed by atoms with van der Waals surface area (Å²) in [5, 5.41) is 4.04. The van der Waals surface area contributed by atoms with Gasteiger partial charge in [-0.2, -0.15) is 0 Å². The maximum Gasteiger partial charge on any atom is 0.141 e. The van der Waals surface area contributed by atoms with Crippen molar-refractivity contribution < 1.29 is 4.39 Å². The molecule has 2 aromatic rings. The van der Waals surface area contributed by atoms with Crippen molar-refractivity contribution in [3.8, 4) is 0 Å². The summed E-state index contributed by atoms with van der Waals surface area (Å²) in [5.74, 6) is -0.730. The van der Waals surface area contributed by atoms with E-state index < -0.39 is 10.7 Å². The molecule has 0 aliphatic heterocycles. The van der Waals surface area contributed by atoms with E-state index in [9.17, 15) is 4.39 Å². The molecule has 0 radical (unpaired) electrons. The van der Waals surface area contributed by atoms with Gasteiger partial charge in [-0.15, -0.1) is 11.6 Å². The van der Waals surface area contributed by atoms with E-state index in [2.05, 4.69) is 11.9 Å². The number of benzene rings is 2. The quantitative estimate of drug-likeness (QED) is 0.537. The van der Waals surface area contributed by atoms with Crippen molar-refractivity contribution in [1.82, 2.24) is 0 Å². The molecule has 0 aromatic heterocycles. The fourth-order valence-corrected chi connectivity index (χ4v) is 3.25. The third-order valence-electron chi connectivity index (χ3n) is 3.77. The fourth-order valence-electron chi connectivity index (χ4n) is 2.68. The van der Waals surface area contributed by atoms with Crippen LogP contribution in [0.25, 0.3) is 0 Å². The molecular formula is C19H19Cl3FN. The van der Waals surface area contributed by atoms with Crippen LogP contribution in [-0.2, 0) is 0 Å². The highest BCUT2D eigenvalue weighted by molar-refractivity contribution is 6.31. The lowest BCUT2D eigenvalue weighted by Gasteiger charge is -2.31. The van der Waals surface area contributed by atoms with Crippen molar-refractivity contribution in [3.63, 3.8) is 0 Å². The molecule has 2 rings (SSSR count). The summed E-state index contributed by atoms with van der Waals surface area (Å²) >= 11 is 18.6.